The van der Waals surface area contributed by atoms with E-state index in [-0.39, 0.29) is 103 Å². The molecule has 0 aromatic carbocycles. The fraction of sp³-hybridized carbons (Fsp3) is 0.923. The van der Waals surface area contributed by atoms with Crippen molar-refractivity contribution in [2.45, 2.75) is 82.0 Å². The van der Waals surface area contributed by atoms with E-state index < -0.39 is 25.9 Å². The second-order valence-electron chi connectivity index (χ2n) is 4.63. The predicted molar refractivity (Wildman–Crippen MR) is 98.4 cm³/mol. The van der Waals surface area contributed by atoms with Crippen molar-refractivity contribution in [1.29, 1.82) is 0 Å². The molecule has 0 aromatic heterocycles. The Labute approximate surface area is 186 Å². The molecule has 0 atom stereocenters. The van der Waals surface area contributed by atoms with Gasteiger partial charge in [0.25, 0.3) is 0 Å². The van der Waals surface area contributed by atoms with Gasteiger partial charge in [-0.05, 0) is 45.3 Å². The van der Waals surface area contributed by atoms with Crippen LogP contribution in [0.3, 0.4) is 0 Å². The molecule has 0 aliphatic carbocycles. The van der Waals surface area contributed by atoms with E-state index in [0.29, 0.717) is 0 Å². The largest absolute Gasteiger partial charge is 0.437 e. The van der Waals surface area contributed by atoms with Crippen LogP contribution in [0.1, 0.15) is 36.6 Å². The summed E-state index contributed by atoms with van der Waals surface area (Å²) in [6.45, 7) is 15.4. The molecule has 0 amide bonds. The smallest absolute Gasteiger partial charge is 0.311 e. The summed E-state index contributed by atoms with van der Waals surface area (Å²) in [6, 6.07) is 1.17. The van der Waals surface area contributed by atoms with E-state index in [1.807, 2.05) is 0 Å². The van der Waals surface area contributed by atoms with Crippen molar-refractivity contribution in [3.8, 4) is 0 Å². The van der Waals surface area contributed by atoms with E-state index in [4.69, 9.17) is 8.23 Å². The summed E-state index contributed by atoms with van der Waals surface area (Å²) in [5.41, 5.74) is 0. The Hall–Kier alpha value is 2.78. The van der Waals surface area contributed by atoms with Gasteiger partial charge in [0.05, 0.1) is 0 Å². The fourth-order valence-corrected chi connectivity index (χ4v) is 11.6. The van der Waals surface area contributed by atoms with Crippen LogP contribution in [0.4, 0.5) is 0 Å². The average molecular weight is 493 g/mol. The summed E-state index contributed by atoms with van der Waals surface area (Å²) < 4.78 is 12.1. The van der Waals surface area contributed by atoms with Gasteiger partial charge in [-0.25, -0.2) is 0 Å². The molecular weight excluding hydrogens is 450 g/mol. The topological polar surface area (TPSA) is 18.5 Å². The zero-order valence-electron chi connectivity index (χ0n) is 12.2. The van der Waals surface area contributed by atoms with E-state index in [0.717, 1.165) is 0 Å². The summed E-state index contributed by atoms with van der Waals surface area (Å²) in [5, 5.41) is 0. The van der Waals surface area contributed by atoms with Crippen LogP contribution in [0.5, 0.6) is 0 Å². The third-order valence-electron chi connectivity index (χ3n) is 1.82. The Morgan fingerprint density at radius 3 is 1.35 bits per heavy atom. The van der Waals surface area contributed by atoms with Crippen LogP contribution in [-0.2, 0) is 73.6 Å². The number of hydrogen-bond donors (Lipinski definition) is 0. The average Bonchev–Trinajstić information content (AvgIpc) is 1.81. The van der Waals surface area contributed by atoms with E-state index in [1.54, 1.807) is 0 Å². The van der Waals surface area contributed by atoms with Gasteiger partial charge in [-0.3, -0.25) is 0 Å². The fourth-order valence-electron chi connectivity index (χ4n) is 1.25. The normalized spacial score (nSPS) is 9.00. The van der Waals surface area contributed by atoms with Gasteiger partial charge < -0.3 is 15.7 Å². The Morgan fingerprint density at radius 2 is 1.15 bits per heavy atom. The maximum Gasteiger partial charge on any atom is 0.311 e. The van der Waals surface area contributed by atoms with E-state index in [2.05, 4.69) is 46.2 Å². The Bertz CT molecular complexity index is 170. The van der Waals surface area contributed by atoms with Gasteiger partial charge in [0.15, 0.2) is 17.4 Å². The Morgan fingerprint density at radius 1 is 0.850 bits per heavy atom. The zero-order chi connectivity index (χ0) is 10.7. The monoisotopic (exact) mass is 492 g/mol. The van der Waals surface area contributed by atoms with Crippen LogP contribution in [0, 0.1) is 7.43 Å². The molecule has 0 aliphatic rings. The Balaban J connectivity index is -0.0000000343. The van der Waals surface area contributed by atoms with Crippen molar-refractivity contribution < 1.29 is 73.6 Å². The van der Waals surface area contributed by atoms with Gasteiger partial charge in [-0.15, -0.1) is 0 Å². The van der Waals surface area contributed by atoms with Crippen LogP contribution in [0.25, 0.3) is 0 Å². The molecule has 20 heavy (non-hydrogen) atoms. The maximum absolute atomic E-state index is 6.17. The van der Waals surface area contributed by atoms with Crippen molar-refractivity contribution >= 4 is 25.9 Å². The van der Waals surface area contributed by atoms with E-state index in [9.17, 15) is 0 Å². The zero-order valence-corrected chi connectivity index (χ0v) is 20.9. The van der Waals surface area contributed by atoms with Gasteiger partial charge in [0.2, 0.25) is 0 Å². The van der Waals surface area contributed by atoms with Crippen LogP contribution >= 0.6 is 0 Å². The third-order valence-corrected chi connectivity index (χ3v) is 11.3. The molecule has 2 nitrogen and oxygen atoms in total. The van der Waals surface area contributed by atoms with Gasteiger partial charge in [-0.1, -0.05) is 36.6 Å². The Kier molecular flexibility index (Phi) is 53.9. The molecule has 125 valence electrons. The SMILES string of the molecule is C.C.C.C.CC[Si](C)(C)O[Si](C)(C)O[Si](C)C.[CH3-].[Y].[Y]. The van der Waals surface area contributed by atoms with E-state index >= 15 is 0 Å². The molecule has 0 aromatic rings. The second-order valence-corrected chi connectivity index (χ2v) is 15.1. The van der Waals surface area contributed by atoms with Crippen molar-refractivity contribution in [3.63, 3.8) is 0 Å². The first-order chi connectivity index (χ1) is 5.68. The van der Waals surface area contributed by atoms with Crippen molar-refractivity contribution in [2.75, 3.05) is 0 Å². The minimum Gasteiger partial charge on any atom is -0.437 e. The first-order valence-electron chi connectivity index (χ1n) is 4.88. The molecule has 0 bridgehead atoms. The van der Waals surface area contributed by atoms with Crippen LogP contribution in [0.15, 0.2) is 0 Å². The molecule has 0 heterocycles. The third kappa shape index (κ3) is 28.9. The van der Waals surface area contributed by atoms with Crippen molar-refractivity contribution in [1.82, 2.24) is 0 Å². The molecule has 0 fully saturated rings. The number of hydrogen-bond acceptors (Lipinski definition) is 2. The minimum absolute atomic E-state index is 0. The molecule has 3 radical (unpaired) electrons. The first-order valence-corrected chi connectivity index (χ1v) is 13.2. The molecule has 0 rings (SSSR count). The van der Waals surface area contributed by atoms with Crippen molar-refractivity contribution in [3.05, 3.63) is 7.43 Å². The predicted octanol–water partition coefficient (Wildman–Crippen LogP) is 6.19. The van der Waals surface area contributed by atoms with Crippen LogP contribution in [0.2, 0.25) is 45.3 Å². The molecule has 0 aliphatic heterocycles. The second kappa shape index (κ2) is 21.8. The summed E-state index contributed by atoms with van der Waals surface area (Å²) in [5.74, 6) is 0. The molecule has 7 heteroatoms. The van der Waals surface area contributed by atoms with Gasteiger partial charge in [-0.2, -0.15) is 0 Å². The quantitative estimate of drug-likeness (QED) is 0.337. The molecule has 0 saturated heterocycles. The summed E-state index contributed by atoms with van der Waals surface area (Å²) >= 11 is 0. The van der Waals surface area contributed by atoms with Gasteiger partial charge in [0.1, 0.15) is 0 Å². The molecule has 0 unspecified atom stereocenters. The van der Waals surface area contributed by atoms with Crippen LogP contribution in [-0.4, -0.2) is 25.9 Å². The molecule has 0 saturated carbocycles. The summed E-state index contributed by atoms with van der Waals surface area (Å²) in [4.78, 5) is 0. The summed E-state index contributed by atoms with van der Waals surface area (Å²) in [6.07, 6.45) is 0. The van der Waals surface area contributed by atoms with Crippen LogP contribution < -0.4 is 0 Å². The first kappa shape index (κ1) is 49.5. The van der Waals surface area contributed by atoms with Gasteiger partial charge in [0, 0.05) is 65.4 Å². The molecule has 0 N–H and O–H groups in total. The molecule has 0 spiro atoms. The minimum atomic E-state index is -1.82. The standard InChI is InChI=1S/C8H23O2Si3.4CH4.CH3.2Y/c1-8-12(4,5)10-13(6,7)9-11(2)3;;;;;;;/h8H2,1-7H3;4*1H4;1H3;;/q;;;;;-1;;. The molecular formula is C13H42O2Si3Y2-. The number of rotatable bonds is 5. The maximum atomic E-state index is 6.17. The van der Waals surface area contributed by atoms with E-state index in [1.165, 1.54) is 6.04 Å². The van der Waals surface area contributed by atoms with Crippen molar-refractivity contribution in [2.24, 2.45) is 0 Å². The summed E-state index contributed by atoms with van der Waals surface area (Å²) in [7, 11) is -3.85. The van der Waals surface area contributed by atoms with Gasteiger partial charge >= 0.3 is 8.56 Å².